The number of imidazole rings is 1. The number of carbonyl (C=O) groups is 1. The van der Waals surface area contributed by atoms with E-state index in [1.165, 1.54) is 11.3 Å². The van der Waals surface area contributed by atoms with E-state index in [4.69, 9.17) is 23.2 Å². The number of pyridine rings is 1. The van der Waals surface area contributed by atoms with E-state index in [9.17, 15) is 4.79 Å². The van der Waals surface area contributed by atoms with Crippen LogP contribution in [-0.2, 0) is 6.54 Å². The van der Waals surface area contributed by atoms with Gasteiger partial charge in [0.1, 0.15) is 5.65 Å². The van der Waals surface area contributed by atoms with Gasteiger partial charge in [-0.1, -0.05) is 29.3 Å². The van der Waals surface area contributed by atoms with Crippen molar-refractivity contribution < 1.29 is 4.79 Å². The Morgan fingerprint density at radius 1 is 1.33 bits per heavy atom. The van der Waals surface area contributed by atoms with Gasteiger partial charge in [0.25, 0.3) is 5.91 Å². The third-order valence-corrected chi connectivity index (χ3v) is 4.54. The van der Waals surface area contributed by atoms with Crippen LogP contribution in [0.5, 0.6) is 0 Å². The van der Waals surface area contributed by atoms with Crippen molar-refractivity contribution in [2.75, 3.05) is 7.05 Å². The fraction of sp³-hybridized carbons (Fsp3) is 0.143. The Hall–Kier alpha value is -1.56. The van der Waals surface area contributed by atoms with Gasteiger partial charge in [-0.25, -0.2) is 4.98 Å². The molecule has 0 saturated heterocycles. The highest BCUT2D eigenvalue weighted by Gasteiger charge is 2.21. The summed E-state index contributed by atoms with van der Waals surface area (Å²) >= 11 is 13.5. The zero-order valence-corrected chi connectivity index (χ0v) is 13.4. The summed E-state index contributed by atoms with van der Waals surface area (Å²) in [5, 5.41) is 0.210. The highest BCUT2D eigenvalue weighted by Crippen LogP contribution is 2.24. The molecule has 0 bridgehead atoms. The third-order valence-electron chi connectivity index (χ3n) is 3.06. The van der Waals surface area contributed by atoms with E-state index >= 15 is 0 Å². The number of rotatable bonds is 3. The van der Waals surface area contributed by atoms with Gasteiger partial charge in [0.2, 0.25) is 0 Å². The number of hydrogen-bond acceptors (Lipinski definition) is 3. The minimum Gasteiger partial charge on any atom is -0.335 e. The van der Waals surface area contributed by atoms with Gasteiger partial charge in [0, 0.05) is 18.1 Å². The molecule has 0 radical (unpaired) electrons. The van der Waals surface area contributed by atoms with Crippen molar-refractivity contribution in [1.82, 2.24) is 14.3 Å². The maximum atomic E-state index is 12.6. The van der Waals surface area contributed by atoms with Crippen LogP contribution in [0.2, 0.25) is 9.49 Å². The van der Waals surface area contributed by atoms with Gasteiger partial charge in [0.05, 0.1) is 10.9 Å². The maximum Gasteiger partial charge on any atom is 0.274 e. The number of amides is 1. The maximum absolute atomic E-state index is 12.6. The van der Waals surface area contributed by atoms with Crippen molar-refractivity contribution in [2.45, 2.75) is 6.54 Å². The van der Waals surface area contributed by atoms with Crippen LogP contribution in [0.4, 0.5) is 0 Å². The predicted octanol–water partition coefficient (Wildman–Crippen LogP) is 3.97. The Balaban J connectivity index is 1.91. The van der Waals surface area contributed by atoms with Gasteiger partial charge in [-0.15, -0.1) is 11.3 Å². The van der Waals surface area contributed by atoms with Gasteiger partial charge in [0.15, 0.2) is 10.8 Å². The number of halogens is 2. The van der Waals surface area contributed by atoms with Crippen LogP contribution >= 0.6 is 34.5 Å². The van der Waals surface area contributed by atoms with Gasteiger partial charge in [-0.2, -0.15) is 0 Å². The molecule has 0 aliphatic rings. The van der Waals surface area contributed by atoms with Gasteiger partial charge < -0.3 is 4.90 Å². The zero-order chi connectivity index (χ0) is 15.0. The van der Waals surface area contributed by atoms with E-state index in [0.717, 1.165) is 4.88 Å². The van der Waals surface area contributed by atoms with Crippen LogP contribution in [0.1, 0.15) is 15.4 Å². The monoisotopic (exact) mass is 339 g/mol. The Morgan fingerprint density at radius 2 is 2.14 bits per heavy atom. The number of fused-ring (bicyclic) bond motifs is 1. The molecule has 108 valence electrons. The minimum atomic E-state index is -0.178. The van der Waals surface area contributed by atoms with Gasteiger partial charge >= 0.3 is 0 Å². The average Bonchev–Trinajstić information content (AvgIpc) is 3.00. The summed E-state index contributed by atoms with van der Waals surface area (Å²) in [6.07, 6.45) is 1.78. The highest BCUT2D eigenvalue weighted by molar-refractivity contribution is 7.16. The molecular weight excluding hydrogens is 329 g/mol. The molecule has 0 aliphatic heterocycles. The summed E-state index contributed by atoms with van der Waals surface area (Å²) in [4.78, 5) is 19.4. The first kappa shape index (κ1) is 14.4. The molecule has 0 atom stereocenters. The third kappa shape index (κ3) is 2.77. The summed E-state index contributed by atoms with van der Waals surface area (Å²) in [7, 11) is 1.73. The molecule has 3 rings (SSSR count). The standard InChI is InChI=1S/C14H11Cl2N3OS/c1-18(8-9-5-6-10(15)21-9)14(20)12-13(16)17-11-4-2-3-7-19(11)12/h2-7H,8H2,1H3. The van der Waals surface area contributed by atoms with Crippen LogP contribution in [0.15, 0.2) is 36.5 Å². The molecule has 0 unspecified atom stereocenters. The second kappa shape index (κ2) is 5.67. The van der Waals surface area contributed by atoms with Gasteiger partial charge in [-0.3, -0.25) is 9.20 Å². The van der Waals surface area contributed by atoms with E-state index < -0.39 is 0 Å². The van der Waals surface area contributed by atoms with Crippen molar-refractivity contribution in [3.63, 3.8) is 0 Å². The zero-order valence-electron chi connectivity index (χ0n) is 11.1. The lowest BCUT2D eigenvalue weighted by Crippen LogP contribution is -2.27. The number of thiophene rings is 1. The lowest BCUT2D eigenvalue weighted by atomic mass is 10.3. The number of hydrogen-bond donors (Lipinski definition) is 0. The summed E-state index contributed by atoms with van der Waals surface area (Å²) in [5.74, 6) is -0.178. The average molecular weight is 340 g/mol. The Morgan fingerprint density at radius 3 is 2.86 bits per heavy atom. The fourth-order valence-electron chi connectivity index (χ4n) is 2.08. The lowest BCUT2D eigenvalue weighted by molar-refractivity contribution is 0.0780. The molecule has 0 N–H and O–H groups in total. The van der Waals surface area contributed by atoms with Crippen molar-refractivity contribution in [2.24, 2.45) is 0 Å². The SMILES string of the molecule is CN(Cc1ccc(Cl)s1)C(=O)c1c(Cl)nc2ccccn12. The molecule has 7 heteroatoms. The first-order valence-corrected chi connectivity index (χ1v) is 7.76. The van der Waals surface area contributed by atoms with Gasteiger partial charge in [-0.05, 0) is 24.3 Å². The van der Waals surface area contributed by atoms with Crippen molar-refractivity contribution in [3.05, 3.63) is 56.6 Å². The first-order chi connectivity index (χ1) is 10.1. The largest absolute Gasteiger partial charge is 0.335 e. The fourth-order valence-corrected chi connectivity index (χ4v) is 3.48. The van der Waals surface area contributed by atoms with E-state index in [1.807, 2.05) is 30.3 Å². The predicted molar refractivity (Wildman–Crippen MR) is 85.3 cm³/mol. The smallest absolute Gasteiger partial charge is 0.274 e. The second-order valence-corrected chi connectivity index (χ2v) is 6.70. The summed E-state index contributed by atoms with van der Waals surface area (Å²) in [6.45, 7) is 0.479. The van der Waals surface area contributed by atoms with E-state index in [0.29, 0.717) is 22.2 Å². The highest BCUT2D eigenvalue weighted by atomic mass is 35.5. The van der Waals surface area contributed by atoms with Crippen molar-refractivity contribution in [1.29, 1.82) is 0 Å². The summed E-state index contributed by atoms with van der Waals surface area (Å²) < 4.78 is 2.40. The molecule has 0 saturated carbocycles. The quantitative estimate of drug-likeness (QED) is 0.723. The van der Waals surface area contributed by atoms with Crippen molar-refractivity contribution >= 4 is 46.1 Å². The van der Waals surface area contributed by atoms with Crippen LogP contribution in [0, 0.1) is 0 Å². The van der Waals surface area contributed by atoms with Crippen LogP contribution in [0.3, 0.4) is 0 Å². The Kier molecular flexibility index (Phi) is 3.89. The molecule has 21 heavy (non-hydrogen) atoms. The number of aromatic nitrogens is 2. The van der Waals surface area contributed by atoms with E-state index in [1.54, 1.807) is 22.5 Å². The van der Waals surface area contributed by atoms with Crippen molar-refractivity contribution in [3.8, 4) is 0 Å². The molecule has 0 spiro atoms. The molecule has 0 aromatic carbocycles. The summed E-state index contributed by atoms with van der Waals surface area (Å²) in [5.41, 5.74) is 1.02. The second-order valence-electron chi connectivity index (χ2n) is 4.55. The van der Waals surface area contributed by atoms with E-state index in [2.05, 4.69) is 4.98 Å². The molecule has 0 fully saturated rings. The van der Waals surface area contributed by atoms with Crippen LogP contribution < -0.4 is 0 Å². The Bertz CT molecular complexity index is 812. The number of nitrogens with zero attached hydrogens (tertiary/aromatic N) is 3. The summed E-state index contributed by atoms with van der Waals surface area (Å²) in [6, 6.07) is 9.22. The molecule has 3 heterocycles. The molecule has 3 aromatic heterocycles. The first-order valence-electron chi connectivity index (χ1n) is 6.18. The lowest BCUT2D eigenvalue weighted by Gasteiger charge is -2.16. The Labute approximate surface area is 135 Å². The molecule has 0 aliphatic carbocycles. The minimum absolute atomic E-state index is 0.178. The topological polar surface area (TPSA) is 37.6 Å². The molecule has 3 aromatic rings. The molecular formula is C14H11Cl2N3OS. The number of carbonyl (C=O) groups excluding carboxylic acids is 1. The van der Waals surface area contributed by atoms with E-state index in [-0.39, 0.29) is 11.1 Å². The normalized spacial score (nSPS) is 11.0. The van der Waals surface area contributed by atoms with Crippen LogP contribution in [-0.4, -0.2) is 27.2 Å². The molecule has 1 amide bonds. The molecule has 4 nitrogen and oxygen atoms in total. The van der Waals surface area contributed by atoms with Crippen LogP contribution in [0.25, 0.3) is 5.65 Å².